The minimum Gasteiger partial charge on any atom is -0.466 e. The zero-order valence-corrected chi connectivity index (χ0v) is 17.7. The Hall–Kier alpha value is -3.26. The highest BCUT2D eigenvalue weighted by molar-refractivity contribution is 7.80. The molecule has 1 atom stereocenters. The van der Waals surface area contributed by atoms with Crippen LogP contribution in [0.5, 0.6) is 0 Å². The molecule has 1 aliphatic rings. The lowest BCUT2D eigenvalue weighted by Gasteiger charge is -2.35. The molecular weight excluding hydrogens is 405 g/mol. The van der Waals surface area contributed by atoms with Crippen molar-refractivity contribution in [2.24, 2.45) is 0 Å². The van der Waals surface area contributed by atoms with E-state index >= 15 is 0 Å². The number of nitrogens with zero attached hydrogens (tertiary/aromatic N) is 1. The van der Waals surface area contributed by atoms with Crippen molar-refractivity contribution in [1.29, 1.82) is 0 Å². The van der Waals surface area contributed by atoms with Gasteiger partial charge in [0.15, 0.2) is 5.11 Å². The number of hydrogen-bond acceptors (Lipinski definition) is 4. The highest BCUT2D eigenvalue weighted by Gasteiger charge is 2.33. The first-order valence-corrected chi connectivity index (χ1v) is 9.68. The minimum atomic E-state index is -0.454. The number of anilines is 1. The van der Waals surface area contributed by atoms with Gasteiger partial charge in [-0.25, -0.2) is 9.18 Å². The first kappa shape index (κ1) is 21.4. The van der Waals surface area contributed by atoms with E-state index in [-0.39, 0.29) is 18.1 Å². The molecule has 156 valence electrons. The summed E-state index contributed by atoms with van der Waals surface area (Å²) in [5, 5.41) is 6.47. The third kappa shape index (κ3) is 4.65. The molecule has 30 heavy (non-hydrogen) atoms. The smallest absolute Gasteiger partial charge is 0.337 e. The number of nitrogens with one attached hydrogen (secondary N) is 2. The molecule has 1 aliphatic heterocycles. The molecule has 0 spiro atoms. The largest absolute Gasteiger partial charge is 0.466 e. The molecule has 0 aliphatic carbocycles. The summed E-state index contributed by atoms with van der Waals surface area (Å²) in [5.41, 5.74) is 3.33. The van der Waals surface area contributed by atoms with Gasteiger partial charge in [0.2, 0.25) is 5.91 Å². The molecule has 0 radical (unpaired) electrons. The van der Waals surface area contributed by atoms with Crippen LogP contribution in [-0.2, 0) is 20.7 Å². The molecule has 1 amide bonds. The van der Waals surface area contributed by atoms with Crippen molar-refractivity contribution in [3.05, 3.63) is 76.7 Å². The molecule has 6 nitrogen and oxygen atoms in total. The number of methoxy groups -OCH3 is 1. The standard InChI is InChI=1S/C22H22FN3O3S/c1-13-19(21(28)29-3)20(25-22(30)26(13)2)15-6-10-17(11-7-15)24-18(27)12-14-4-8-16(23)9-5-14/h4-11,20H,12H2,1-3H3,(H,24,27)(H,25,30)/t20-/m0/s1. The van der Waals surface area contributed by atoms with E-state index in [0.717, 1.165) is 11.1 Å². The van der Waals surface area contributed by atoms with E-state index < -0.39 is 12.0 Å². The zero-order valence-electron chi connectivity index (χ0n) is 16.9. The fourth-order valence-corrected chi connectivity index (χ4v) is 3.47. The van der Waals surface area contributed by atoms with Crippen molar-refractivity contribution < 1.29 is 18.7 Å². The Labute approximate surface area is 179 Å². The van der Waals surface area contributed by atoms with E-state index in [9.17, 15) is 14.0 Å². The summed E-state index contributed by atoms with van der Waals surface area (Å²) in [6, 6.07) is 12.5. The number of carbonyl (C=O) groups excluding carboxylic acids is 2. The van der Waals surface area contributed by atoms with E-state index in [1.54, 1.807) is 36.2 Å². The van der Waals surface area contributed by atoms with Gasteiger partial charge in [0, 0.05) is 18.4 Å². The van der Waals surface area contributed by atoms with Crippen molar-refractivity contribution in [2.45, 2.75) is 19.4 Å². The molecule has 8 heteroatoms. The fourth-order valence-electron chi connectivity index (χ4n) is 3.21. The SMILES string of the molecule is COC(=O)C1=C(C)N(C)C(=S)N[C@H]1c1ccc(NC(=O)Cc2ccc(F)cc2)cc1. The molecule has 0 saturated carbocycles. The predicted molar refractivity (Wildman–Crippen MR) is 116 cm³/mol. The number of halogens is 1. The summed E-state index contributed by atoms with van der Waals surface area (Å²) in [5.74, 6) is -0.984. The van der Waals surface area contributed by atoms with Crippen molar-refractivity contribution in [1.82, 2.24) is 10.2 Å². The van der Waals surface area contributed by atoms with Gasteiger partial charge in [-0.3, -0.25) is 4.79 Å². The van der Waals surface area contributed by atoms with Crippen LogP contribution in [0.25, 0.3) is 0 Å². The summed E-state index contributed by atoms with van der Waals surface area (Å²) in [4.78, 5) is 26.3. The molecule has 1 heterocycles. The normalized spacial score (nSPS) is 16.2. The highest BCUT2D eigenvalue weighted by Crippen LogP contribution is 2.31. The molecule has 2 N–H and O–H groups in total. The van der Waals surface area contributed by atoms with Gasteiger partial charge in [-0.15, -0.1) is 0 Å². The number of carbonyl (C=O) groups is 2. The van der Waals surface area contributed by atoms with Gasteiger partial charge in [0.05, 0.1) is 25.1 Å². The van der Waals surface area contributed by atoms with Crippen LogP contribution in [0, 0.1) is 5.82 Å². The summed E-state index contributed by atoms with van der Waals surface area (Å²) >= 11 is 5.36. The topological polar surface area (TPSA) is 70.7 Å². The van der Waals surface area contributed by atoms with Crippen LogP contribution in [0.1, 0.15) is 24.1 Å². The number of hydrogen-bond donors (Lipinski definition) is 2. The highest BCUT2D eigenvalue weighted by atomic mass is 32.1. The summed E-state index contributed by atoms with van der Waals surface area (Å²) in [7, 11) is 3.12. The number of rotatable bonds is 5. The first-order valence-electron chi connectivity index (χ1n) is 9.27. The minimum absolute atomic E-state index is 0.140. The lowest BCUT2D eigenvalue weighted by atomic mass is 9.95. The van der Waals surface area contributed by atoms with Crippen LogP contribution in [0.2, 0.25) is 0 Å². The van der Waals surface area contributed by atoms with Crippen LogP contribution in [0.15, 0.2) is 59.8 Å². The predicted octanol–water partition coefficient (Wildman–Crippen LogP) is 3.31. The van der Waals surface area contributed by atoms with E-state index in [4.69, 9.17) is 17.0 Å². The second-order valence-corrected chi connectivity index (χ2v) is 7.29. The van der Waals surface area contributed by atoms with Gasteiger partial charge >= 0.3 is 5.97 Å². The Bertz CT molecular complexity index is 1000. The fraction of sp³-hybridized carbons (Fsp3) is 0.227. The number of allylic oxidation sites excluding steroid dienone is 1. The number of benzene rings is 2. The maximum Gasteiger partial charge on any atom is 0.337 e. The second-order valence-electron chi connectivity index (χ2n) is 6.91. The van der Waals surface area contributed by atoms with Gasteiger partial charge in [-0.1, -0.05) is 24.3 Å². The van der Waals surface area contributed by atoms with Crippen LogP contribution in [0.4, 0.5) is 10.1 Å². The molecule has 0 aromatic heterocycles. The lowest BCUT2D eigenvalue weighted by molar-refractivity contribution is -0.136. The Kier molecular flexibility index (Phi) is 6.47. The Morgan fingerprint density at radius 2 is 1.80 bits per heavy atom. The van der Waals surface area contributed by atoms with Gasteiger partial charge < -0.3 is 20.3 Å². The van der Waals surface area contributed by atoms with Gasteiger partial charge in [0.25, 0.3) is 0 Å². The third-order valence-corrected chi connectivity index (χ3v) is 5.36. The van der Waals surface area contributed by atoms with Crippen molar-refractivity contribution >= 4 is 34.9 Å². The number of thiocarbonyl (C=S) groups is 1. The van der Waals surface area contributed by atoms with Crippen molar-refractivity contribution in [2.75, 3.05) is 19.5 Å². The maximum atomic E-state index is 13.0. The van der Waals surface area contributed by atoms with Crippen molar-refractivity contribution in [3.8, 4) is 0 Å². The summed E-state index contributed by atoms with van der Waals surface area (Å²) in [6.45, 7) is 1.82. The zero-order chi connectivity index (χ0) is 21.8. The summed E-state index contributed by atoms with van der Waals surface area (Å²) < 4.78 is 17.9. The van der Waals surface area contributed by atoms with Crippen LogP contribution in [0.3, 0.4) is 0 Å². The Balaban J connectivity index is 1.75. The molecule has 0 unspecified atom stereocenters. The molecule has 2 aromatic carbocycles. The quantitative estimate of drug-likeness (QED) is 0.564. The first-order chi connectivity index (χ1) is 14.3. The lowest BCUT2D eigenvalue weighted by Crippen LogP contribution is -2.46. The Morgan fingerprint density at radius 3 is 2.40 bits per heavy atom. The van der Waals surface area contributed by atoms with E-state index in [0.29, 0.717) is 22.1 Å². The van der Waals surface area contributed by atoms with E-state index in [1.165, 1.54) is 19.2 Å². The monoisotopic (exact) mass is 427 g/mol. The Morgan fingerprint density at radius 1 is 1.17 bits per heavy atom. The van der Waals surface area contributed by atoms with Crippen LogP contribution >= 0.6 is 12.2 Å². The van der Waals surface area contributed by atoms with Crippen LogP contribution < -0.4 is 10.6 Å². The molecule has 0 fully saturated rings. The molecular formula is C22H22FN3O3S. The number of esters is 1. The van der Waals surface area contributed by atoms with E-state index in [2.05, 4.69) is 10.6 Å². The second kappa shape index (κ2) is 9.04. The van der Waals surface area contributed by atoms with E-state index in [1.807, 2.05) is 19.1 Å². The number of ether oxygens (including phenoxy) is 1. The van der Waals surface area contributed by atoms with Gasteiger partial charge in [-0.2, -0.15) is 0 Å². The number of amides is 1. The summed E-state index contributed by atoms with van der Waals surface area (Å²) in [6.07, 6.45) is 0.140. The molecule has 0 bridgehead atoms. The molecule has 3 rings (SSSR count). The molecule has 2 aromatic rings. The van der Waals surface area contributed by atoms with Gasteiger partial charge in [-0.05, 0) is 54.5 Å². The molecule has 0 saturated heterocycles. The van der Waals surface area contributed by atoms with Crippen molar-refractivity contribution in [3.63, 3.8) is 0 Å². The van der Waals surface area contributed by atoms with Gasteiger partial charge in [0.1, 0.15) is 5.82 Å². The third-order valence-electron chi connectivity index (χ3n) is 4.97. The average molecular weight is 428 g/mol. The maximum absolute atomic E-state index is 13.0. The average Bonchev–Trinajstić information content (AvgIpc) is 2.73. The van der Waals surface area contributed by atoms with Crippen LogP contribution in [-0.4, -0.2) is 36.0 Å².